The first-order valence-corrected chi connectivity index (χ1v) is 6.60. The monoisotopic (exact) mass is 228 g/mol. The highest BCUT2D eigenvalue weighted by atomic mass is 14.9. The molecule has 4 nitrogen and oxygen atoms in total. The van der Waals surface area contributed by atoms with Crippen LogP contribution in [0.3, 0.4) is 0 Å². The Bertz CT molecular complexity index is 175. The summed E-state index contributed by atoms with van der Waals surface area (Å²) in [5.74, 6) is 0. The van der Waals surface area contributed by atoms with E-state index in [1.807, 2.05) is 0 Å². The molecule has 16 heavy (non-hydrogen) atoms. The number of rotatable bonds is 0. The molecule has 96 valence electrons. The second-order valence-electron chi connectivity index (χ2n) is 5.41. The van der Waals surface area contributed by atoms with Crippen molar-refractivity contribution in [2.75, 3.05) is 0 Å². The van der Waals surface area contributed by atoms with E-state index in [4.69, 9.17) is 22.9 Å². The van der Waals surface area contributed by atoms with Gasteiger partial charge in [0.05, 0.1) is 5.66 Å². The maximum Gasteiger partial charge on any atom is 0.0636 e. The van der Waals surface area contributed by atoms with E-state index in [9.17, 15) is 0 Å². The Morgan fingerprint density at radius 2 is 1.12 bits per heavy atom. The van der Waals surface area contributed by atoms with Crippen LogP contribution in [0, 0.1) is 0 Å². The molecule has 0 saturated heterocycles. The molecule has 2 aliphatic carbocycles. The quantitative estimate of drug-likeness (QED) is 0.460. The zero-order valence-corrected chi connectivity index (χ0v) is 10.3. The Labute approximate surface area is 99.1 Å². The standard InChI is InChI=1S/2C6H14N2/c7-6(8)4-2-1-3-5-6;7-5-3-1-2-4-6(5)8/h1-5,7-8H2;5-6H,1-4,7-8H2. The van der Waals surface area contributed by atoms with Crippen LogP contribution in [0.15, 0.2) is 0 Å². The molecule has 0 aromatic carbocycles. The topological polar surface area (TPSA) is 104 Å². The first-order valence-electron chi connectivity index (χ1n) is 6.60. The molecule has 4 heteroatoms. The molecule has 8 N–H and O–H groups in total. The molecule has 0 aromatic heterocycles. The SMILES string of the molecule is NC1(N)CCCCC1.NC1CCCCC1N. The van der Waals surface area contributed by atoms with Gasteiger partial charge in [0.25, 0.3) is 0 Å². The van der Waals surface area contributed by atoms with Crippen LogP contribution in [-0.4, -0.2) is 17.7 Å². The van der Waals surface area contributed by atoms with Crippen LogP contribution in [0.2, 0.25) is 0 Å². The van der Waals surface area contributed by atoms with Crippen molar-refractivity contribution < 1.29 is 0 Å². The maximum atomic E-state index is 5.66. The minimum atomic E-state index is -0.321. The van der Waals surface area contributed by atoms with E-state index in [1.165, 1.54) is 32.1 Å². The molecule has 0 aliphatic heterocycles. The lowest BCUT2D eigenvalue weighted by Crippen LogP contribution is -2.50. The molecule has 2 unspecified atom stereocenters. The first kappa shape index (κ1) is 13.9. The first-order chi connectivity index (χ1) is 7.51. The molecule has 0 bridgehead atoms. The molecule has 0 aromatic rings. The van der Waals surface area contributed by atoms with Crippen LogP contribution in [0.5, 0.6) is 0 Å². The minimum Gasteiger partial charge on any atom is -0.326 e. The zero-order valence-electron chi connectivity index (χ0n) is 10.3. The molecule has 2 aliphatic rings. The summed E-state index contributed by atoms with van der Waals surface area (Å²) in [7, 11) is 0. The highest BCUT2D eigenvalue weighted by Gasteiger charge is 2.21. The number of hydrogen-bond donors (Lipinski definition) is 4. The maximum absolute atomic E-state index is 5.66. The lowest BCUT2D eigenvalue weighted by molar-refractivity contribution is 0.306. The third-order valence-electron chi connectivity index (χ3n) is 3.66. The van der Waals surface area contributed by atoms with Crippen molar-refractivity contribution >= 4 is 0 Å². The van der Waals surface area contributed by atoms with E-state index in [1.54, 1.807) is 0 Å². The van der Waals surface area contributed by atoms with E-state index < -0.39 is 0 Å². The van der Waals surface area contributed by atoms with Crippen LogP contribution in [0.4, 0.5) is 0 Å². The summed E-state index contributed by atoms with van der Waals surface area (Å²) >= 11 is 0. The molecular weight excluding hydrogens is 200 g/mol. The van der Waals surface area contributed by atoms with Crippen molar-refractivity contribution in [1.29, 1.82) is 0 Å². The minimum absolute atomic E-state index is 0.281. The van der Waals surface area contributed by atoms with Crippen molar-refractivity contribution in [3.63, 3.8) is 0 Å². The lowest BCUT2D eigenvalue weighted by Gasteiger charge is -2.28. The molecular formula is C12H28N4. The molecule has 0 radical (unpaired) electrons. The molecule has 2 fully saturated rings. The van der Waals surface area contributed by atoms with Gasteiger partial charge in [-0.2, -0.15) is 0 Å². The molecule has 0 amide bonds. The fourth-order valence-electron chi connectivity index (χ4n) is 2.40. The van der Waals surface area contributed by atoms with E-state index in [0.717, 1.165) is 25.7 Å². The normalized spacial score (nSPS) is 33.8. The number of nitrogens with two attached hydrogens (primary N) is 4. The van der Waals surface area contributed by atoms with Gasteiger partial charge in [-0.1, -0.05) is 32.1 Å². The van der Waals surface area contributed by atoms with Gasteiger partial charge in [0.1, 0.15) is 0 Å². The predicted molar refractivity (Wildman–Crippen MR) is 68.6 cm³/mol. The fourth-order valence-corrected chi connectivity index (χ4v) is 2.40. The highest BCUT2D eigenvalue weighted by Crippen LogP contribution is 2.20. The summed E-state index contributed by atoms with van der Waals surface area (Å²) in [5, 5.41) is 0. The average molecular weight is 228 g/mol. The molecule has 2 saturated carbocycles. The second kappa shape index (κ2) is 6.55. The summed E-state index contributed by atoms with van der Waals surface area (Å²) in [6.07, 6.45) is 10.6. The Morgan fingerprint density at radius 3 is 1.38 bits per heavy atom. The summed E-state index contributed by atoms with van der Waals surface area (Å²) in [4.78, 5) is 0. The number of hydrogen-bond acceptors (Lipinski definition) is 4. The van der Waals surface area contributed by atoms with Crippen molar-refractivity contribution in [2.45, 2.75) is 75.5 Å². The van der Waals surface area contributed by atoms with E-state index in [-0.39, 0.29) is 17.7 Å². The Balaban J connectivity index is 0.000000160. The largest absolute Gasteiger partial charge is 0.326 e. The Hall–Kier alpha value is -0.160. The van der Waals surface area contributed by atoms with Gasteiger partial charge in [-0.3, -0.25) is 0 Å². The summed E-state index contributed by atoms with van der Waals surface area (Å²) < 4.78 is 0. The van der Waals surface area contributed by atoms with Gasteiger partial charge in [0.15, 0.2) is 0 Å². The van der Waals surface area contributed by atoms with E-state index in [2.05, 4.69) is 0 Å². The van der Waals surface area contributed by atoms with Gasteiger partial charge in [-0.05, 0) is 25.7 Å². The van der Waals surface area contributed by atoms with Crippen molar-refractivity contribution in [1.82, 2.24) is 0 Å². The van der Waals surface area contributed by atoms with Crippen molar-refractivity contribution in [2.24, 2.45) is 22.9 Å². The summed E-state index contributed by atoms with van der Waals surface area (Å²) in [6, 6.07) is 0.562. The van der Waals surface area contributed by atoms with Gasteiger partial charge in [0.2, 0.25) is 0 Å². The van der Waals surface area contributed by atoms with Crippen LogP contribution < -0.4 is 22.9 Å². The molecule has 2 atom stereocenters. The highest BCUT2D eigenvalue weighted by molar-refractivity contribution is 4.80. The lowest BCUT2D eigenvalue weighted by atomic mass is 9.91. The van der Waals surface area contributed by atoms with Gasteiger partial charge in [0, 0.05) is 12.1 Å². The molecule has 0 heterocycles. The Morgan fingerprint density at radius 1 is 0.688 bits per heavy atom. The van der Waals surface area contributed by atoms with E-state index >= 15 is 0 Å². The fraction of sp³-hybridized carbons (Fsp3) is 1.00. The van der Waals surface area contributed by atoms with Gasteiger partial charge < -0.3 is 22.9 Å². The van der Waals surface area contributed by atoms with Crippen LogP contribution in [-0.2, 0) is 0 Å². The van der Waals surface area contributed by atoms with Crippen molar-refractivity contribution in [3.05, 3.63) is 0 Å². The predicted octanol–water partition coefficient (Wildman–Crippen LogP) is 0.779. The van der Waals surface area contributed by atoms with Gasteiger partial charge in [-0.15, -0.1) is 0 Å². The smallest absolute Gasteiger partial charge is 0.0636 e. The third-order valence-corrected chi connectivity index (χ3v) is 3.66. The molecule has 2 rings (SSSR count). The average Bonchev–Trinajstić information content (AvgIpc) is 2.23. The van der Waals surface area contributed by atoms with Crippen molar-refractivity contribution in [3.8, 4) is 0 Å². The van der Waals surface area contributed by atoms with Crippen LogP contribution in [0.1, 0.15) is 57.8 Å². The van der Waals surface area contributed by atoms with E-state index in [0.29, 0.717) is 0 Å². The van der Waals surface area contributed by atoms with Gasteiger partial charge >= 0.3 is 0 Å². The van der Waals surface area contributed by atoms with Crippen LogP contribution in [0.25, 0.3) is 0 Å². The Kier molecular flexibility index (Phi) is 5.69. The third kappa shape index (κ3) is 5.25. The summed E-state index contributed by atoms with van der Waals surface area (Å²) in [6.45, 7) is 0. The summed E-state index contributed by atoms with van der Waals surface area (Å²) in [5.41, 5.74) is 22.3. The second-order valence-corrected chi connectivity index (χ2v) is 5.41. The molecule has 0 spiro atoms. The van der Waals surface area contributed by atoms with Crippen LogP contribution >= 0.6 is 0 Å². The zero-order chi connectivity index (χ0) is 12.0. The van der Waals surface area contributed by atoms with Gasteiger partial charge in [-0.25, -0.2) is 0 Å².